The van der Waals surface area contributed by atoms with Crippen molar-refractivity contribution in [3.05, 3.63) is 34.7 Å². The molecule has 20 heavy (non-hydrogen) atoms. The predicted octanol–water partition coefficient (Wildman–Crippen LogP) is 3.28. The summed E-state index contributed by atoms with van der Waals surface area (Å²) in [6.07, 6.45) is 0. The number of carbonyl (C=O) groups excluding carboxylic acids is 1. The first kappa shape index (κ1) is 16.2. The highest BCUT2D eigenvalue weighted by Gasteiger charge is 2.29. The number of likely N-dealkylation sites (N-methyl/N-ethyl adjacent to an activating group) is 1. The molecule has 0 saturated carbocycles. The van der Waals surface area contributed by atoms with Crippen LogP contribution < -0.4 is 5.32 Å². The van der Waals surface area contributed by atoms with E-state index in [1.54, 1.807) is 12.1 Å². The van der Waals surface area contributed by atoms with Gasteiger partial charge in [-0.2, -0.15) is 0 Å². The van der Waals surface area contributed by atoms with Crippen LogP contribution in [0.4, 0.5) is 11.4 Å². The molecule has 1 rings (SSSR count). The first-order chi connectivity index (χ1) is 9.22. The molecule has 0 heterocycles. The van der Waals surface area contributed by atoms with E-state index in [1.807, 2.05) is 34.9 Å². The molecular formula is C16H24N3O+. The molecule has 4 heteroatoms. The number of hydrogen-bond donors (Lipinski definition) is 1. The van der Waals surface area contributed by atoms with E-state index < -0.39 is 0 Å². The molecule has 1 atom stereocenters. The minimum Gasteiger partial charge on any atom is -0.321 e. The van der Waals surface area contributed by atoms with E-state index in [0.717, 1.165) is 23.4 Å². The van der Waals surface area contributed by atoms with Gasteiger partial charge in [0.05, 0.1) is 27.2 Å². The number of anilines is 1. The monoisotopic (exact) mass is 274 g/mol. The van der Waals surface area contributed by atoms with Gasteiger partial charge < -0.3 is 9.80 Å². The number of nitrogens with one attached hydrogen (secondary N) is 1. The second-order valence-electron chi connectivity index (χ2n) is 5.83. The molecule has 1 aromatic rings. The maximum atomic E-state index is 12.4. The van der Waals surface area contributed by atoms with Gasteiger partial charge in [-0.05, 0) is 38.8 Å². The van der Waals surface area contributed by atoms with Crippen molar-refractivity contribution in [2.75, 3.05) is 26.0 Å². The summed E-state index contributed by atoms with van der Waals surface area (Å²) in [4.78, 5) is 15.8. The topological polar surface area (TPSA) is 33.5 Å². The lowest BCUT2D eigenvalue weighted by Crippen LogP contribution is -2.52. The summed E-state index contributed by atoms with van der Waals surface area (Å²) < 4.78 is 0.643. The minimum atomic E-state index is -0.126. The van der Waals surface area contributed by atoms with E-state index in [1.165, 1.54) is 0 Å². The summed E-state index contributed by atoms with van der Waals surface area (Å²) in [6, 6.07) is 3.49. The Kier molecular flexibility index (Phi) is 4.91. The molecule has 0 saturated heterocycles. The molecule has 0 aromatic heterocycles. The van der Waals surface area contributed by atoms with Crippen molar-refractivity contribution in [1.29, 1.82) is 0 Å². The molecule has 1 aromatic carbocycles. The summed E-state index contributed by atoms with van der Waals surface area (Å²) in [7, 11) is 4.10. The van der Waals surface area contributed by atoms with Crippen molar-refractivity contribution in [3.8, 4) is 0 Å². The van der Waals surface area contributed by atoms with Crippen LogP contribution in [0.25, 0.3) is 4.85 Å². The Hall–Kier alpha value is -1.86. The number of amides is 1. The van der Waals surface area contributed by atoms with Crippen LogP contribution >= 0.6 is 0 Å². The third kappa shape index (κ3) is 3.37. The second kappa shape index (κ2) is 6.06. The molecular weight excluding hydrogens is 250 g/mol. The van der Waals surface area contributed by atoms with Crippen LogP contribution in [0.2, 0.25) is 0 Å². The van der Waals surface area contributed by atoms with Gasteiger partial charge in [0.2, 0.25) is 0 Å². The van der Waals surface area contributed by atoms with Gasteiger partial charge in [0, 0.05) is 5.69 Å². The van der Waals surface area contributed by atoms with Crippen molar-refractivity contribution >= 4 is 17.3 Å². The highest BCUT2D eigenvalue weighted by molar-refractivity contribution is 5.95. The summed E-state index contributed by atoms with van der Waals surface area (Å²) in [6.45, 7) is 15.8. The van der Waals surface area contributed by atoms with Crippen LogP contribution in [0.3, 0.4) is 0 Å². The molecule has 0 spiro atoms. The van der Waals surface area contributed by atoms with Gasteiger partial charge >= 0.3 is 0 Å². The van der Waals surface area contributed by atoms with Crippen LogP contribution in [-0.4, -0.2) is 37.1 Å². The Labute approximate surface area is 121 Å². The van der Waals surface area contributed by atoms with Crippen molar-refractivity contribution in [1.82, 2.24) is 0 Å². The van der Waals surface area contributed by atoms with Gasteiger partial charge in [-0.15, -0.1) is 0 Å². The predicted molar refractivity (Wildman–Crippen MR) is 82.9 cm³/mol. The minimum absolute atomic E-state index is 0.0126. The number of rotatable bonds is 4. The van der Waals surface area contributed by atoms with E-state index in [0.29, 0.717) is 10.2 Å². The van der Waals surface area contributed by atoms with Crippen LogP contribution in [-0.2, 0) is 4.79 Å². The van der Waals surface area contributed by atoms with Crippen LogP contribution in [0.15, 0.2) is 12.1 Å². The standard InChI is InChI=1S/C16H23N3O/c1-8-19(6,7)13(4)16(20)18-15-11(2)9-14(17-5)10-12(15)3/h9-10,13H,8H2,1-4,6-7H3/p+1. The maximum absolute atomic E-state index is 12.4. The fourth-order valence-electron chi connectivity index (χ4n) is 2.02. The average molecular weight is 274 g/mol. The fourth-order valence-corrected chi connectivity index (χ4v) is 2.02. The molecule has 0 aliphatic rings. The van der Waals surface area contributed by atoms with Crippen molar-refractivity contribution in [2.24, 2.45) is 0 Å². The zero-order valence-corrected chi connectivity index (χ0v) is 13.2. The number of nitrogens with zero attached hydrogens (tertiary/aromatic N) is 2. The highest BCUT2D eigenvalue weighted by atomic mass is 16.2. The van der Waals surface area contributed by atoms with Crippen molar-refractivity contribution in [2.45, 2.75) is 33.7 Å². The molecule has 0 fully saturated rings. The van der Waals surface area contributed by atoms with Gasteiger partial charge in [0.25, 0.3) is 5.91 Å². The summed E-state index contributed by atoms with van der Waals surface area (Å²) in [5.74, 6) is 0.0126. The molecule has 1 amide bonds. The lowest BCUT2D eigenvalue weighted by molar-refractivity contribution is -0.902. The quantitative estimate of drug-likeness (QED) is 0.663. The van der Waals surface area contributed by atoms with E-state index in [9.17, 15) is 4.79 Å². The zero-order chi connectivity index (χ0) is 15.5. The molecule has 108 valence electrons. The van der Waals surface area contributed by atoms with Crippen LogP contribution in [0.1, 0.15) is 25.0 Å². The first-order valence-corrected chi connectivity index (χ1v) is 6.85. The summed E-state index contributed by atoms with van der Waals surface area (Å²) >= 11 is 0. The molecule has 0 bridgehead atoms. The van der Waals surface area contributed by atoms with Gasteiger partial charge in [-0.1, -0.05) is 12.1 Å². The number of quaternary nitrogens is 1. The largest absolute Gasteiger partial charge is 0.321 e. The Morgan fingerprint density at radius 3 is 2.25 bits per heavy atom. The number of benzene rings is 1. The third-order valence-corrected chi connectivity index (χ3v) is 4.14. The number of aryl methyl sites for hydroxylation is 2. The molecule has 1 unspecified atom stereocenters. The molecule has 0 radical (unpaired) electrons. The lowest BCUT2D eigenvalue weighted by Gasteiger charge is -2.34. The molecule has 0 aliphatic heterocycles. The molecule has 1 N–H and O–H groups in total. The van der Waals surface area contributed by atoms with Gasteiger partial charge in [0.15, 0.2) is 11.7 Å². The summed E-state index contributed by atoms with van der Waals surface area (Å²) in [5, 5.41) is 3.01. The Morgan fingerprint density at radius 2 is 1.85 bits per heavy atom. The van der Waals surface area contributed by atoms with Crippen molar-refractivity contribution in [3.63, 3.8) is 0 Å². The van der Waals surface area contributed by atoms with Crippen LogP contribution in [0.5, 0.6) is 0 Å². The number of hydrogen-bond acceptors (Lipinski definition) is 1. The van der Waals surface area contributed by atoms with Gasteiger partial charge in [0.1, 0.15) is 0 Å². The van der Waals surface area contributed by atoms with E-state index in [2.05, 4.69) is 17.1 Å². The highest BCUT2D eigenvalue weighted by Crippen LogP contribution is 2.27. The van der Waals surface area contributed by atoms with Crippen molar-refractivity contribution < 1.29 is 9.28 Å². The van der Waals surface area contributed by atoms with Gasteiger partial charge in [-0.25, -0.2) is 4.85 Å². The Bertz CT molecular complexity index is 532. The van der Waals surface area contributed by atoms with Crippen LogP contribution in [0, 0.1) is 20.4 Å². The van der Waals surface area contributed by atoms with E-state index in [4.69, 9.17) is 6.57 Å². The van der Waals surface area contributed by atoms with E-state index >= 15 is 0 Å². The van der Waals surface area contributed by atoms with E-state index in [-0.39, 0.29) is 11.9 Å². The Morgan fingerprint density at radius 1 is 1.35 bits per heavy atom. The smallest absolute Gasteiger partial charge is 0.282 e. The lowest BCUT2D eigenvalue weighted by atomic mass is 10.1. The Balaban J connectivity index is 3.01. The first-order valence-electron chi connectivity index (χ1n) is 6.85. The average Bonchev–Trinajstić information content (AvgIpc) is 2.41. The second-order valence-corrected chi connectivity index (χ2v) is 5.83. The maximum Gasteiger partial charge on any atom is 0.282 e. The SMILES string of the molecule is [C-]#[N+]c1cc(C)c(NC(=O)C(C)[N+](C)(C)CC)c(C)c1. The summed E-state index contributed by atoms with van der Waals surface area (Å²) in [5.41, 5.74) is 3.29. The molecule has 0 aliphatic carbocycles. The molecule has 4 nitrogen and oxygen atoms in total. The normalized spacial score (nSPS) is 12.7. The zero-order valence-electron chi connectivity index (χ0n) is 13.2. The van der Waals surface area contributed by atoms with Gasteiger partial charge in [-0.3, -0.25) is 4.79 Å². The fraction of sp³-hybridized carbons (Fsp3) is 0.500. The number of carbonyl (C=O) groups is 1. The third-order valence-electron chi connectivity index (χ3n) is 4.14.